The Morgan fingerprint density at radius 3 is 2.65 bits per heavy atom. The van der Waals surface area contributed by atoms with Crippen molar-refractivity contribution < 1.29 is 17.2 Å². The van der Waals surface area contributed by atoms with Crippen LogP contribution < -0.4 is 9.62 Å². The van der Waals surface area contributed by atoms with E-state index in [0.717, 1.165) is 43.8 Å². The first-order valence-corrected chi connectivity index (χ1v) is 14.3. The van der Waals surface area contributed by atoms with Gasteiger partial charge in [0, 0.05) is 36.6 Å². The highest BCUT2D eigenvalue weighted by atomic mass is 32.2. The molecular formula is C23H26F2N8O2S2. The molecule has 14 heteroatoms. The van der Waals surface area contributed by atoms with Crippen LogP contribution in [0.15, 0.2) is 29.4 Å². The SMILES string of the molecule is C[C@H]1CN(c2ncnc3c2c2ccc(S(=O)(=O)NC4(C)CC4)cc2n3-c2nnc(C(F)F)s2)CCN1C. The van der Waals surface area contributed by atoms with Crippen LogP contribution in [0.3, 0.4) is 0 Å². The van der Waals surface area contributed by atoms with Crippen molar-refractivity contribution in [2.45, 2.75) is 49.6 Å². The van der Waals surface area contributed by atoms with Crippen LogP contribution in [0.4, 0.5) is 14.6 Å². The van der Waals surface area contributed by atoms with Gasteiger partial charge in [-0.05, 0) is 45.9 Å². The van der Waals surface area contributed by atoms with Crippen molar-refractivity contribution in [3.05, 3.63) is 29.5 Å². The van der Waals surface area contributed by atoms with Crippen LogP contribution in [0, 0.1) is 0 Å². The highest BCUT2D eigenvalue weighted by molar-refractivity contribution is 7.89. The number of nitrogens with zero attached hydrogens (tertiary/aromatic N) is 7. The van der Waals surface area contributed by atoms with Gasteiger partial charge >= 0.3 is 0 Å². The zero-order valence-electron chi connectivity index (χ0n) is 20.5. The summed E-state index contributed by atoms with van der Waals surface area (Å²) in [5.74, 6) is 0.714. The van der Waals surface area contributed by atoms with E-state index in [1.54, 1.807) is 22.8 Å². The number of nitrogens with one attached hydrogen (secondary N) is 1. The number of anilines is 1. The molecule has 2 fully saturated rings. The maximum absolute atomic E-state index is 13.4. The third-order valence-electron chi connectivity index (χ3n) is 7.26. The van der Waals surface area contributed by atoms with Gasteiger partial charge in [0.05, 0.1) is 15.8 Å². The summed E-state index contributed by atoms with van der Waals surface area (Å²) in [5, 5.41) is 8.86. The van der Waals surface area contributed by atoms with Gasteiger partial charge in [0.2, 0.25) is 15.2 Å². The standard InChI is InChI=1S/C23H26F2N8O2S2/c1-13-11-32(9-8-31(13)3)19-17-15-5-4-14(37(34,35)30-23(2)6-7-23)10-16(15)33(20(17)27-12-26-19)22-29-28-21(36-22)18(24)25/h4-5,10,12-13,18,30H,6-9,11H2,1-3H3/t13-/m0/s1. The van der Waals surface area contributed by atoms with E-state index in [1.807, 2.05) is 6.92 Å². The predicted molar refractivity (Wildman–Crippen MR) is 137 cm³/mol. The number of alkyl halides is 2. The Bertz CT molecular complexity index is 1620. The third kappa shape index (κ3) is 4.25. The van der Waals surface area contributed by atoms with Gasteiger partial charge in [0.1, 0.15) is 12.1 Å². The summed E-state index contributed by atoms with van der Waals surface area (Å²) in [6.45, 7) is 6.37. The Labute approximate surface area is 216 Å². The molecule has 0 unspecified atom stereocenters. The lowest BCUT2D eigenvalue weighted by Gasteiger charge is -2.38. The van der Waals surface area contributed by atoms with Gasteiger partial charge in [-0.2, -0.15) is 0 Å². The second-order valence-corrected chi connectivity index (χ2v) is 12.7. The molecule has 1 N–H and O–H groups in total. The summed E-state index contributed by atoms with van der Waals surface area (Å²) in [4.78, 5) is 13.6. The van der Waals surface area contributed by atoms with E-state index < -0.39 is 27.0 Å². The summed E-state index contributed by atoms with van der Waals surface area (Å²) in [5.41, 5.74) is 0.503. The maximum Gasteiger partial charge on any atom is 0.291 e. The highest BCUT2D eigenvalue weighted by Crippen LogP contribution is 2.40. The number of halogens is 2. The van der Waals surface area contributed by atoms with Crippen molar-refractivity contribution in [3.8, 4) is 5.13 Å². The first-order chi connectivity index (χ1) is 17.6. The number of aromatic nitrogens is 5. The molecule has 0 spiro atoms. The molecule has 0 radical (unpaired) electrons. The van der Waals surface area contributed by atoms with E-state index in [-0.39, 0.29) is 10.0 Å². The average molecular weight is 549 g/mol. The number of piperazine rings is 1. The normalized spacial score (nSPS) is 20.4. The quantitative estimate of drug-likeness (QED) is 0.391. The van der Waals surface area contributed by atoms with Crippen molar-refractivity contribution in [1.82, 2.24) is 34.4 Å². The molecule has 6 rings (SSSR count). The molecule has 10 nitrogen and oxygen atoms in total. The number of hydrogen-bond donors (Lipinski definition) is 1. The van der Waals surface area contributed by atoms with Crippen LogP contribution in [0.1, 0.15) is 38.1 Å². The first-order valence-electron chi connectivity index (χ1n) is 12.0. The van der Waals surface area contributed by atoms with Crippen LogP contribution >= 0.6 is 11.3 Å². The van der Waals surface area contributed by atoms with Gasteiger partial charge in [-0.15, -0.1) is 10.2 Å². The fourth-order valence-corrected chi connectivity index (χ4v) is 6.92. The van der Waals surface area contributed by atoms with Crippen LogP contribution in [-0.2, 0) is 10.0 Å². The van der Waals surface area contributed by atoms with Crippen molar-refractivity contribution in [1.29, 1.82) is 0 Å². The highest BCUT2D eigenvalue weighted by Gasteiger charge is 2.41. The van der Waals surface area contributed by atoms with Gasteiger partial charge in [-0.25, -0.2) is 31.9 Å². The van der Waals surface area contributed by atoms with Crippen molar-refractivity contribution in [3.63, 3.8) is 0 Å². The number of likely N-dealkylation sites (N-methyl/N-ethyl adjacent to an activating group) is 1. The molecule has 4 heterocycles. The molecule has 2 aliphatic rings. The second-order valence-electron chi connectivity index (χ2n) is 10.1. The smallest absolute Gasteiger partial charge is 0.291 e. The van der Waals surface area contributed by atoms with E-state index in [1.165, 1.54) is 6.33 Å². The minimum atomic E-state index is -3.80. The Kier molecular flexibility index (Phi) is 5.71. The number of hydrogen-bond acceptors (Lipinski definition) is 9. The van der Waals surface area contributed by atoms with E-state index in [4.69, 9.17) is 0 Å². The van der Waals surface area contributed by atoms with Gasteiger partial charge in [0.25, 0.3) is 6.43 Å². The molecule has 1 aliphatic carbocycles. The van der Waals surface area contributed by atoms with Crippen molar-refractivity contribution in [2.24, 2.45) is 0 Å². The predicted octanol–water partition coefficient (Wildman–Crippen LogP) is 3.33. The maximum atomic E-state index is 13.4. The van der Waals surface area contributed by atoms with E-state index >= 15 is 0 Å². The average Bonchev–Trinajstić information content (AvgIpc) is 3.26. The summed E-state index contributed by atoms with van der Waals surface area (Å²) in [6, 6.07) is 5.15. The van der Waals surface area contributed by atoms with E-state index in [0.29, 0.717) is 33.8 Å². The lowest BCUT2D eigenvalue weighted by molar-refractivity contribution is 0.150. The minimum Gasteiger partial charge on any atom is -0.353 e. The second kappa shape index (κ2) is 8.61. The molecule has 1 aromatic carbocycles. The third-order valence-corrected chi connectivity index (χ3v) is 9.81. The molecule has 4 aromatic rings. The van der Waals surface area contributed by atoms with E-state index in [9.17, 15) is 17.2 Å². The van der Waals surface area contributed by atoms with Crippen molar-refractivity contribution in [2.75, 3.05) is 31.6 Å². The van der Waals surface area contributed by atoms with Gasteiger partial charge in [-0.3, -0.25) is 4.57 Å². The molecule has 1 saturated heterocycles. The topological polar surface area (TPSA) is 109 Å². The summed E-state index contributed by atoms with van der Waals surface area (Å²) in [7, 11) is -1.72. The molecule has 0 amide bonds. The Morgan fingerprint density at radius 2 is 1.97 bits per heavy atom. The molecule has 1 aliphatic heterocycles. The molecule has 196 valence electrons. The van der Waals surface area contributed by atoms with Crippen LogP contribution in [-0.4, -0.2) is 76.3 Å². The zero-order chi connectivity index (χ0) is 26.1. The molecule has 0 bridgehead atoms. The number of rotatable bonds is 6. The molecule has 37 heavy (non-hydrogen) atoms. The largest absolute Gasteiger partial charge is 0.353 e. The summed E-state index contributed by atoms with van der Waals surface area (Å²) < 4.78 is 57.5. The van der Waals surface area contributed by atoms with Gasteiger partial charge in [-0.1, -0.05) is 17.4 Å². The Balaban J connectivity index is 1.58. The van der Waals surface area contributed by atoms with Crippen LogP contribution in [0.5, 0.6) is 0 Å². The summed E-state index contributed by atoms with van der Waals surface area (Å²) in [6.07, 6.45) is 0.227. The number of sulfonamides is 1. The zero-order valence-corrected chi connectivity index (χ0v) is 22.2. The van der Waals surface area contributed by atoms with Crippen LogP contribution in [0.25, 0.3) is 27.1 Å². The van der Waals surface area contributed by atoms with Gasteiger partial charge < -0.3 is 9.80 Å². The van der Waals surface area contributed by atoms with Gasteiger partial charge in [0.15, 0.2) is 10.7 Å². The van der Waals surface area contributed by atoms with Crippen molar-refractivity contribution >= 4 is 49.1 Å². The lowest BCUT2D eigenvalue weighted by Crippen LogP contribution is -2.50. The fraction of sp³-hybridized carbons (Fsp3) is 0.478. The lowest BCUT2D eigenvalue weighted by atomic mass is 10.1. The number of benzene rings is 1. The number of fused-ring (bicyclic) bond motifs is 3. The first kappa shape index (κ1) is 24.5. The fourth-order valence-electron chi connectivity index (χ4n) is 4.72. The van der Waals surface area contributed by atoms with E-state index in [2.05, 4.69) is 48.7 Å². The summed E-state index contributed by atoms with van der Waals surface area (Å²) >= 11 is 0.749. The van der Waals surface area contributed by atoms with Crippen LogP contribution in [0.2, 0.25) is 0 Å². The Morgan fingerprint density at radius 1 is 1.19 bits per heavy atom. The minimum absolute atomic E-state index is 0.0820. The molecule has 3 aromatic heterocycles. The Hall–Kier alpha value is -2.81. The monoisotopic (exact) mass is 548 g/mol. The molecule has 1 atom stereocenters. The molecular weight excluding hydrogens is 522 g/mol. The molecule has 1 saturated carbocycles.